The topological polar surface area (TPSA) is 26.3 Å². The maximum atomic E-state index is 10.6. The van der Waals surface area contributed by atoms with Crippen LogP contribution in [0.1, 0.15) is 106 Å². The van der Waals surface area contributed by atoms with Gasteiger partial charge >= 0.3 is 0 Å². The summed E-state index contributed by atoms with van der Waals surface area (Å²) < 4.78 is 5.26. The SMILES string of the molecule is Cc1cc(C)c(CCCCC2(OC=O)CC2)cc1CCCCCCC1(C)CC1. The van der Waals surface area contributed by atoms with Gasteiger partial charge in [-0.1, -0.05) is 38.3 Å². The van der Waals surface area contributed by atoms with Crippen LogP contribution in [0.3, 0.4) is 0 Å². The molecule has 3 rings (SSSR count). The van der Waals surface area contributed by atoms with Gasteiger partial charge in [0.15, 0.2) is 0 Å². The molecule has 0 heterocycles. The van der Waals surface area contributed by atoms with Gasteiger partial charge in [0.05, 0.1) is 0 Å². The summed E-state index contributed by atoms with van der Waals surface area (Å²) in [5, 5.41) is 0. The number of unbranched alkanes of at least 4 members (excludes halogenated alkanes) is 4. The van der Waals surface area contributed by atoms with E-state index in [0.29, 0.717) is 6.47 Å². The molecular formula is C26H40O2. The first-order chi connectivity index (χ1) is 13.5. The number of carbonyl (C=O) groups excluding carboxylic acids is 1. The van der Waals surface area contributed by atoms with Crippen LogP contribution in [0.25, 0.3) is 0 Å². The molecule has 0 spiro atoms. The Bertz CT molecular complexity index is 653. The van der Waals surface area contributed by atoms with Crippen molar-refractivity contribution in [2.24, 2.45) is 5.41 Å². The van der Waals surface area contributed by atoms with E-state index in [0.717, 1.165) is 37.5 Å². The highest BCUT2D eigenvalue weighted by Gasteiger charge is 2.44. The van der Waals surface area contributed by atoms with Crippen LogP contribution in [0.15, 0.2) is 12.1 Å². The first kappa shape index (κ1) is 21.4. The lowest BCUT2D eigenvalue weighted by molar-refractivity contribution is -0.135. The summed E-state index contributed by atoms with van der Waals surface area (Å²) in [5.41, 5.74) is 6.60. The lowest BCUT2D eigenvalue weighted by atomic mass is 9.93. The molecular weight excluding hydrogens is 344 g/mol. The average Bonchev–Trinajstić information content (AvgIpc) is 3.57. The van der Waals surface area contributed by atoms with Crippen molar-refractivity contribution in [3.05, 3.63) is 34.4 Å². The molecule has 0 atom stereocenters. The second-order valence-corrected chi connectivity index (χ2v) is 10.0. The van der Waals surface area contributed by atoms with Crippen molar-refractivity contribution < 1.29 is 9.53 Å². The number of ether oxygens (including phenoxy) is 1. The van der Waals surface area contributed by atoms with Crippen LogP contribution in [0.4, 0.5) is 0 Å². The van der Waals surface area contributed by atoms with E-state index >= 15 is 0 Å². The second-order valence-electron chi connectivity index (χ2n) is 10.0. The van der Waals surface area contributed by atoms with E-state index < -0.39 is 0 Å². The number of aryl methyl sites for hydroxylation is 4. The molecule has 0 amide bonds. The Morgan fingerprint density at radius 1 is 0.821 bits per heavy atom. The van der Waals surface area contributed by atoms with Gasteiger partial charge in [-0.3, -0.25) is 4.79 Å². The van der Waals surface area contributed by atoms with Crippen molar-refractivity contribution in [1.82, 2.24) is 0 Å². The molecule has 2 heteroatoms. The predicted molar refractivity (Wildman–Crippen MR) is 117 cm³/mol. The largest absolute Gasteiger partial charge is 0.461 e. The van der Waals surface area contributed by atoms with E-state index in [2.05, 4.69) is 32.9 Å². The molecule has 0 saturated heterocycles. The third kappa shape index (κ3) is 6.36. The van der Waals surface area contributed by atoms with Crippen molar-refractivity contribution in [3.63, 3.8) is 0 Å². The molecule has 2 fully saturated rings. The standard InChI is InChI=1S/C26H40O2/c1-21-18-22(2)24(11-7-9-13-26(16-17-26)28-20-27)19-23(21)10-6-4-5-8-12-25(3)14-15-25/h18-20H,4-17H2,1-3H3. The summed E-state index contributed by atoms with van der Waals surface area (Å²) in [6.07, 6.45) is 17.7. The molecule has 1 aromatic carbocycles. The van der Waals surface area contributed by atoms with Crippen molar-refractivity contribution in [2.75, 3.05) is 0 Å². The lowest BCUT2D eigenvalue weighted by Gasteiger charge is -2.15. The summed E-state index contributed by atoms with van der Waals surface area (Å²) in [4.78, 5) is 10.6. The number of rotatable bonds is 14. The molecule has 156 valence electrons. The smallest absolute Gasteiger partial charge is 0.293 e. The molecule has 0 unspecified atom stereocenters. The summed E-state index contributed by atoms with van der Waals surface area (Å²) >= 11 is 0. The van der Waals surface area contributed by atoms with E-state index in [1.54, 1.807) is 5.56 Å². The molecule has 1 aromatic rings. The van der Waals surface area contributed by atoms with Gasteiger partial charge in [-0.2, -0.15) is 0 Å². The first-order valence-electron chi connectivity index (χ1n) is 11.7. The monoisotopic (exact) mass is 384 g/mol. The summed E-state index contributed by atoms with van der Waals surface area (Å²) in [6.45, 7) is 7.61. The van der Waals surface area contributed by atoms with Gasteiger partial charge in [-0.25, -0.2) is 0 Å². The minimum atomic E-state index is -0.0911. The summed E-state index contributed by atoms with van der Waals surface area (Å²) in [7, 11) is 0. The minimum Gasteiger partial charge on any atom is -0.461 e. The van der Waals surface area contributed by atoms with Gasteiger partial charge in [0.1, 0.15) is 5.60 Å². The van der Waals surface area contributed by atoms with Crippen molar-refractivity contribution >= 4 is 6.47 Å². The molecule has 0 bridgehead atoms. The highest BCUT2D eigenvalue weighted by molar-refractivity contribution is 5.39. The molecule has 0 aromatic heterocycles. The first-order valence-corrected chi connectivity index (χ1v) is 11.7. The Kier molecular flexibility index (Phi) is 7.23. The van der Waals surface area contributed by atoms with Gasteiger partial charge in [0.2, 0.25) is 0 Å². The van der Waals surface area contributed by atoms with Crippen molar-refractivity contribution in [3.8, 4) is 0 Å². The molecule has 2 aliphatic rings. The molecule has 0 radical (unpaired) electrons. The maximum Gasteiger partial charge on any atom is 0.293 e. The molecule has 2 saturated carbocycles. The predicted octanol–water partition coefficient (Wildman–Crippen LogP) is 7.01. The minimum absolute atomic E-state index is 0.0911. The third-order valence-corrected chi connectivity index (χ3v) is 7.31. The normalized spacial score (nSPS) is 18.7. The van der Waals surface area contributed by atoms with Crippen LogP contribution < -0.4 is 0 Å². The maximum absolute atomic E-state index is 10.6. The molecule has 0 N–H and O–H groups in total. The lowest BCUT2D eigenvalue weighted by Crippen LogP contribution is -2.12. The number of benzene rings is 1. The van der Waals surface area contributed by atoms with Crippen LogP contribution in [0, 0.1) is 19.3 Å². The number of carbonyl (C=O) groups is 1. The fourth-order valence-corrected chi connectivity index (χ4v) is 4.60. The van der Waals surface area contributed by atoms with Crippen molar-refractivity contribution in [1.29, 1.82) is 0 Å². The van der Waals surface area contributed by atoms with Gasteiger partial charge in [-0.05, 0) is 112 Å². The molecule has 0 aliphatic heterocycles. The highest BCUT2D eigenvalue weighted by atomic mass is 16.5. The third-order valence-electron chi connectivity index (χ3n) is 7.31. The number of hydrogen-bond donors (Lipinski definition) is 0. The summed E-state index contributed by atoms with van der Waals surface area (Å²) in [6, 6.07) is 4.86. The van der Waals surface area contributed by atoms with Crippen LogP contribution in [0.5, 0.6) is 0 Å². The zero-order valence-electron chi connectivity index (χ0n) is 18.4. The van der Waals surface area contributed by atoms with E-state index in [1.165, 1.54) is 74.5 Å². The van der Waals surface area contributed by atoms with Gasteiger partial charge in [0.25, 0.3) is 6.47 Å². The van der Waals surface area contributed by atoms with Crippen LogP contribution in [0.2, 0.25) is 0 Å². The van der Waals surface area contributed by atoms with E-state index in [4.69, 9.17) is 4.74 Å². The van der Waals surface area contributed by atoms with Gasteiger partial charge < -0.3 is 4.74 Å². The van der Waals surface area contributed by atoms with Gasteiger partial charge in [0, 0.05) is 0 Å². The second kappa shape index (κ2) is 9.46. The quantitative estimate of drug-likeness (QED) is 0.254. The van der Waals surface area contributed by atoms with Gasteiger partial charge in [-0.15, -0.1) is 0 Å². The Hall–Kier alpha value is -1.31. The fourth-order valence-electron chi connectivity index (χ4n) is 4.60. The Morgan fingerprint density at radius 3 is 1.96 bits per heavy atom. The summed E-state index contributed by atoms with van der Waals surface area (Å²) in [5.74, 6) is 0. The zero-order chi connectivity index (χ0) is 20.0. The van der Waals surface area contributed by atoms with Crippen LogP contribution in [-0.2, 0) is 22.4 Å². The Labute approximate surface area is 172 Å². The van der Waals surface area contributed by atoms with E-state index in [-0.39, 0.29) is 5.60 Å². The molecule has 2 aliphatic carbocycles. The molecule has 2 nitrogen and oxygen atoms in total. The van der Waals surface area contributed by atoms with Crippen molar-refractivity contribution in [2.45, 2.75) is 116 Å². The average molecular weight is 385 g/mol. The van der Waals surface area contributed by atoms with Crippen LogP contribution >= 0.6 is 0 Å². The van der Waals surface area contributed by atoms with E-state index in [1.807, 2.05) is 0 Å². The Morgan fingerprint density at radius 2 is 1.39 bits per heavy atom. The van der Waals surface area contributed by atoms with E-state index in [9.17, 15) is 4.79 Å². The van der Waals surface area contributed by atoms with Crippen LogP contribution in [-0.4, -0.2) is 12.1 Å². The Balaban J connectivity index is 1.38. The fraction of sp³-hybridized carbons (Fsp3) is 0.731. The molecule has 28 heavy (non-hydrogen) atoms. The highest BCUT2D eigenvalue weighted by Crippen LogP contribution is 2.49. The number of hydrogen-bond acceptors (Lipinski definition) is 2. The zero-order valence-corrected chi connectivity index (χ0v) is 18.4.